The molecule has 0 N–H and O–H groups in total. The molecule has 0 bridgehead atoms. The van der Waals surface area contributed by atoms with E-state index in [1.165, 1.54) is 64.2 Å². The van der Waals surface area contributed by atoms with E-state index in [2.05, 4.69) is 71.7 Å². The van der Waals surface area contributed by atoms with Crippen molar-refractivity contribution in [3.8, 4) is 0 Å². The molecule has 2 nitrogen and oxygen atoms in total. The van der Waals surface area contributed by atoms with Crippen molar-refractivity contribution in [2.75, 3.05) is 13.2 Å². The number of unbranched alkanes of at least 4 members (excludes halogenated alkanes) is 10. The zero-order chi connectivity index (χ0) is 20.9. The summed E-state index contributed by atoms with van der Waals surface area (Å²) in [6.45, 7) is 10.4. The number of ether oxygens (including phenoxy) is 2. The molecule has 2 unspecified atom stereocenters. The van der Waals surface area contributed by atoms with Crippen LogP contribution in [-0.4, -0.2) is 23.1 Å². The molecule has 0 fully saturated rings. The minimum absolute atomic E-state index is 0.282. The predicted octanol–water partition coefficient (Wildman–Crippen LogP) is 8.83. The van der Waals surface area contributed by atoms with E-state index in [9.17, 15) is 0 Å². The van der Waals surface area contributed by atoms with Crippen LogP contribution in [0.4, 0.5) is 0 Å². The SMILES string of the molecule is CCCCCCCCOC1=CC(C)(Br)C(C)(OCCCCCCCC)C=C1Br. The molecule has 0 amide bonds. The van der Waals surface area contributed by atoms with Gasteiger partial charge in [-0.3, -0.25) is 0 Å². The zero-order valence-electron chi connectivity index (χ0n) is 18.6. The van der Waals surface area contributed by atoms with Crippen molar-refractivity contribution in [2.45, 2.75) is 115 Å². The molecule has 4 heteroatoms. The first-order valence-corrected chi connectivity index (χ1v) is 13.0. The summed E-state index contributed by atoms with van der Waals surface area (Å²) in [5.74, 6) is 0.925. The normalized spacial score (nSPS) is 24.8. The summed E-state index contributed by atoms with van der Waals surface area (Å²) in [5, 5.41) is 0. The Morgan fingerprint density at radius 2 is 1.25 bits per heavy atom. The van der Waals surface area contributed by atoms with E-state index in [1.807, 2.05) is 0 Å². The van der Waals surface area contributed by atoms with Crippen LogP contribution in [0.25, 0.3) is 0 Å². The highest BCUT2D eigenvalue weighted by atomic mass is 79.9. The van der Waals surface area contributed by atoms with E-state index in [1.54, 1.807) is 0 Å². The van der Waals surface area contributed by atoms with Crippen molar-refractivity contribution in [1.29, 1.82) is 0 Å². The van der Waals surface area contributed by atoms with Gasteiger partial charge in [-0.15, -0.1) is 0 Å². The standard InChI is InChI=1S/C24H42Br2O2/c1-5-7-9-11-13-15-17-27-22-20-23(3,26)24(4,19-21(22)25)28-18-16-14-12-10-8-6-2/h19-20H,5-18H2,1-4H3. The van der Waals surface area contributed by atoms with Crippen LogP contribution in [0.1, 0.15) is 105 Å². The molecular weight excluding hydrogens is 480 g/mol. The van der Waals surface area contributed by atoms with Gasteiger partial charge in [0.15, 0.2) is 0 Å². The van der Waals surface area contributed by atoms with Crippen molar-refractivity contribution in [3.63, 3.8) is 0 Å². The predicted molar refractivity (Wildman–Crippen MR) is 129 cm³/mol. The third kappa shape index (κ3) is 9.34. The summed E-state index contributed by atoms with van der Waals surface area (Å²) < 4.78 is 13.1. The first kappa shape index (κ1) is 26.2. The van der Waals surface area contributed by atoms with Gasteiger partial charge in [0, 0.05) is 6.61 Å². The Morgan fingerprint density at radius 1 is 0.750 bits per heavy atom. The lowest BCUT2D eigenvalue weighted by molar-refractivity contribution is -0.0119. The average Bonchev–Trinajstić information content (AvgIpc) is 2.64. The number of rotatable bonds is 16. The van der Waals surface area contributed by atoms with Crippen LogP contribution in [-0.2, 0) is 9.47 Å². The number of hydrogen-bond acceptors (Lipinski definition) is 2. The Bertz CT molecular complexity index is 485. The van der Waals surface area contributed by atoms with Crippen LogP contribution in [0.2, 0.25) is 0 Å². The van der Waals surface area contributed by atoms with Crippen LogP contribution in [0.5, 0.6) is 0 Å². The van der Waals surface area contributed by atoms with E-state index < -0.39 is 0 Å². The highest BCUT2D eigenvalue weighted by Crippen LogP contribution is 2.44. The summed E-state index contributed by atoms with van der Waals surface area (Å²) >= 11 is 7.59. The molecule has 0 radical (unpaired) electrons. The van der Waals surface area contributed by atoms with Crippen molar-refractivity contribution < 1.29 is 9.47 Å². The van der Waals surface area contributed by atoms with Gasteiger partial charge in [-0.05, 0) is 54.8 Å². The first-order valence-electron chi connectivity index (χ1n) is 11.4. The quantitative estimate of drug-likeness (QED) is 0.149. The second-order valence-corrected chi connectivity index (χ2v) is 10.9. The monoisotopic (exact) mass is 520 g/mol. The maximum Gasteiger partial charge on any atom is 0.130 e. The molecule has 0 aromatic heterocycles. The summed E-state index contributed by atoms with van der Waals surface area (Å²) in [7, 11) is 0. The molecule has 28 heavy (non-hydrogen) atoms. The van der Waals surface area contributed by atoms with Crippen LogP contribution >= 0.6 is 31.9 Å². The molecule has 164 valence electrons. The Morgan fingerprint density at radius 3 is 1.82 bits per heavy atom. The fourth-order valence-electron chi connectivity index (χ4n) is 3.44. The number of halogens is 2. The Balaban J connectivity index is 2.41. The Kier molecular flexibility index (Phi) is 13.4. The second-order valence-electron chi connectivity index (χ2n) is 8.42. The van der Waals surface area contributed by atoms with Gasteiger partial charge in [-0.25, -0.2) is 0 Å². The van der Waals surface area contributed by atoms with Gasteiger partial charge in [-0.1, -0.05) is 94.0 Å². The minimum Gasteiger partial charge on any atom is -0.493 e. The summed E-state index contributed by atoms with van der Waals surface area (Å²) in [6.07, 6.45) is 19.7. The zero-order valence-corrected chi connectivity index (χ0v) is 21.8. The van der Waals surface area contributed by atoms with Gasteiger partial charge in [0.2, 0.25) is 0 Å². The lowest BCUT2D eigenvalue weighted by Gasteiger charge is -2.41. The number of alkyl halides is 1. The molecule has 1 rings (SSSR count). The molecule has 0 heterocycles. The van der Waals surface area contributed by atoms with Gasteiger partial charge >= 0.3 is 0 Å². The lowest BCUT2D eigenvalue weighted by atomic mass is 9.85. The molecule has 1 aliphatic rings. The maximum absolute atomic E-state index is 6.34. The van der Waals surface area contributed by atoms with Crippen LogP contribution in [0, 0.1) is 0 Å². The van der Waals surface area contributed by atoms with Gasteiger partial charge in [0.25, 0.3) is 0 Å². The van der Waals surface area contributed by atoms with Gasteiger partial charge in [-0.2, -0.15) is 0 Å². The fraction of sp³-hybridized carbons (Fsp3) is 0.833. The van der Waals surface area contributed by atoms with E-state index in [0.717, 1.165) is 36.3 Å². The molecule has 2 atom stereocenters. The summed E-state index contributed by atoms with van der Waals surface area (Å²) in [4.78, 5) is 0. The highest BCUT2D eigenvalue weighted by molar-refractivity contribution is 9.12. The average molecular weight is 522 g/mol. The Labute approximate surface area is 191 Å². The third-order valence-electron chi connectivity index (χ3n) is 5.67. The molecule has 0 aromatic carbocycles. The van der Waals surface area contributed by atoms with Crippen molar-refractivity contribution in [3.05, 3.63) is 22.4 Å². The number of allylic oxidation sites excluding steroid dienone is 1. The van der Waals surface area contributed by atoms with Gasteiger partial charge in [0.05, 0.1) is 15.4 Å². The molecule has 0 aromatic rings. The Hall–Kier alpha value is 0.200. The van der Waals surface area contributed by atoms with Crippen molar-refractivity contribution in [2.24, 2.45) is 0 Å². The summed E-state index contributed by atoms with van der Waals surface area (Å²) in [5.41, 5.74) is -0.387. The third-order valence-corrected chi connectivity index (χ3v) is 7.30. The fourth-order valence-corrected chi connectivity index (χ4v) is 4.54. The highest BCUT2D eigenvalue weighted by Gasteiger charge is 2.44. The van der Waals surface area contributed by atoms with E-state index >= 15 is 0 Å². The number of hydrogen-bond donors (Lipinski definition) is 0. The van der Waals surface area contributed by atoms with E-state index in [4.69, 9.17) is 9.47 Å². The van der Waals surface area contributed by atoms with E-state index in [0.29, 0.717) is 0 Å². The topological polar surface area (TPSA) is 18.5 Å². The second kappa shape index (κ2) is 14.2. The van der Waals surface area contributed by atoms with Gasteiger partial charge < -0.3 is 9.47 Å². The van der Waals surface area contributed by atoms with Crippen LogP contribution in [0.15, 0.2) is 22.4 Å². The molecule has 1 aliphatic carbocycles. The first-order chi connectivity index (χ1) is 13.4. The molecule has 0 saturated heterocycles. The largest absolute Gasteiger partial charge is 0.493 e. The molecule has 0 aliphatic heterocycles. The van der Waals surface area contributed by atoms with Crippen LogP contribution < -0.4 is 0 Å². The van der Waals surface area contributed by atoms with Crippen molar-refractivity contribution >= 4 is 31.9 Å². The van der Waals surface area contributed by atoms with Crippen LogP contribution in [0.3, 0.4) is 0 Å². The summed E-state index contributed by atoms with van der Waals surface area (Å²) in [6, 6.07) is 0. The minimum atomic E-state index is -0.387. The maximum atomic E-state index is 6.34. The molecular formula is C24H42Br2O2. The van der Waals surface area contributed by atoms with E-state index in [-0.39, 0.29) is 9.93 Å². The molecule has 0 spiro atoms. The van der Waals surface area contributed by atoms with Crippen molar-refractivity contribution in [1.82, 2.24) is 0 Å². The smallest absolute Gasteiger partial charge is 0.130 e. The van der Waals surface area contributed by atoms with Gasteiger partial charge in [0.1, 0.15) is 11.4 Å². The molecule has 0 saturated carbocycles. The lowest BCUT2D eigenvalue weighted by Crippen LogP contribution is -2.47.